The Bertz CT molecular complexity index is 660. The van der Waals surface area contributed by atoms with Crippen LogP contribution in [-0.4, -0.2) is 22.8 Å². The predicted molar refractivity (Wildman–Crippen MR) is 84.2 cm³/mol. The van der Waals surface area contributed by atoms with Gasteiger partial charge in [0.2, 0.25) is 0 Å². The second-order valence-electron chi connectivity index (χ2n) is 5.34. The van der Waals surface area contributed by atoms with Crippen LogP contribution in [0.5, 0.6) is 11.5 Å². The van der Waals surface area contributed by atoms with Crippen molar-refractivity contribution in [2.24, 2.45) is 0 Å². The van der Waals surface area contributed by atoms with Crippen LogP contribution in [0.15, 0.2) is 36.4 Å². The van der Waals surface area contributed by atoms with Gasteiger partial charge in [-0.3, -0.25) is 4.79 Å². The highest BCUT2D eigenvalue weighted by atomic mass is 16.5. The van der Waals surface area contributed by atoms with Crippen molar-refractivity contribution in [3.8, 4) is 11.5 Å². The third-order valence-corrected chi connectivity index (χ3v) is 3.49. The van der Waals surface area contributed by atoms with Crippen LogP contribution in [0.3, 0.4) is 0 Å². The summed E-state index contributed by atoms with van der Waals surface area (Å²) in [5.74, 6) is 0.307. The zero-order valence-corrected chi connectivity index (χ0v) is 12.8. The topological polar surface area (TPSA) is 66.8 Å². The number of aryl methyl sites for hydroxylation is 2. The number of benzene rings is 2. The normalized spacial score (nSPS) is 10.5. The maximum atomic E-state index is 12.1. The third-order valence-electron chi connectivity index (χ3n) is 3.49. The van der Waals surface area contributed by atoms with Gasteiger partial charge in [0, 0.05) is 6.61 Å². The molecule has 0 atom stereocenters. The van der Waals surface area contributed by atoms with Crippen LogP contribution in [0.25, 0.3) is 0 Å². The minimum atomic E-state index is -0.367. The van der Waals surface area contributed by atoms with Crippen molar-refractivity contribution in [1.29, 1.82) is 0 Å². The van der Waals surface area contributed by atoms with E-state index in [1.165, 1.54) is 0 Å². The molecule has 0 bridgehead atoms. The molecule has 22 heavy (non-hydrogen) atoms. The summed E-state index contributed by atoms with van der Waals surface area (Å²) in [6.45, 7) is 3.70. The summed E-state index contributed by atoms with van der Waals surface area (Å²) < 4.78 is 5.31. The van der Waals surface area contributed by atoms with Gasteiger partial charge >= 0.3 is 5.97 Å². The Morgan fingerprint density at radius 2 is 1.77 bits per heavy atom. The summed E-state index contributed by atoms with van der Waals surface area (Å²) in [5, 5.41) is 18.9. The molecule has 2 N–H and O–H groups in total. The van der Waals surface area contributed by atoms with Crippen molar-refractivity contribution in [3.63, 3.8) is 0 Å². The first-order valence-electron chi connectivity index (χ1n) is 7.19. The Kier molecular flexibility index (Phi) is 5.17. The lowest BCUT2D eigenvalue weighted by Gasteiger charge is -2.11. The van der Waals surface area contributed by atoms with Crippen LogP contribution in [0.1, 0.15) is 22.3 Å². The van der Waals surface area contributed by atoms with Gasteiger partial charge in [-0.05, 0) is 55.2 Å². The molecule has 0 aliphatic rings. The Morgan fingerprint density at radius 3 is 2.41 bits per heavy atom. The van der Waals surface area contributed by atoms with Crippen molar-refractivity contribution < 1.29 is 19.7 Å². The maximum Gasteiger partial charge on any atom is 0.315 e. The summed E-state index contributed by atoms with van der Waals surface area (Å²) in [4.78, 5) is 12.1. The van der Waals surface area contributed by atoms with E-state index in [1.54, 1.807) is 31.2 Å². The Balaban J connectivity index is 2.13. The van der Waals surface area contributed by atoms with Gasteiger partial charge in [0.1, 0.15) is 11.5 Å². The van der Waals surface area contributed by atoms with Gasteiger partial charge < -0.3 is 14.9 Å². The molecule has 0 fully saturated rings. The number of aromatic hydroxyl groups is 1. The molecule has 0 aliphatic carbocycles. The highest BCUT2D eigenvalue weighted by molar-refractivity contribution is 5.76. The molecule has 0 aromatic heterocycles. The number of aliphatic hydroxyl groups is 1. The summed E-state index contributed by atoms with van der Waals surface area (Å²) in [6, 6.07) is 10.6. The quantitative estimate of drug-likeness (QED) is 0.658. The van der Waals surface area contributed by atoms with Crippen LogP contribution < -0.4 is 4.74 Å². The molecule has 0 saturated carbocycles. The van der Waals surface area contributed by atoms with Crippen molar-refractivity contribution in [3.05, 3.63) is 58.7 Å². The van der Waals surface area contributed by atoms with Gasteiger partial charge in [-0.15, -0.1) is 0 Å². The fourth-order valence-electron chi connectivity index (χ4n) is 2.25. The molecule has 4 nitrogen and oxygen atoms in total. The van der Waals surface area contributed by atoms with E-state index in [1.807, 2.05) is 19.1 Å². The molecule has 2 aromatic carbocycles. The number of carbonyl (C=O) groups excluding carboxylic acids is 1. The standard InChI is InChI=1S/C18H20O4/c1-12-3-5-16(6-4-12)22-18(21)11-15-9-13(2)17(20)10-14(15)7-8-19/h3-6,9-10,19-20H,7-8,11H2,1-2H3. The number of aliphatic hydroxyl groups excluding tert-OH is 1. The average molecular weight is 300 g/mol. The molecule has 2 rings (SSSR count). The van der Waals surface area contributed by atoms with Crippen molar-refractivity contribution in [2.45, 2.75) is 26.7 Å². The number of rotatable bonds is 5. The number of ether oxygens (including phenoxy) is 1. The molecular formula is C18H20O4. The molecular weight excluding hydrogens is 280 g/mol. The number of hydrogen-bond acceptors (Lipinski definition) is 4. The van der Waals surface area contributed by atoms with Crippen LogP contribution >= 0.6 is 0 Å². The van der Waals surface area contributed by atoms with E-state index in [4.69, 9.17) is 9.84 Å². The lowest BCUT2D eigenvalue weighted by Crippen LogP contribution is -2.13. The molecule has 2 aromatic rings. The van der Waals surface area contributed by atoms with Crippen LogP contribution in [0, 0.1) is 13.8 Å². The van der Waals surface area contributed by atoms with E-state index in [0.717, 1.165) is 16.7 Å². The smallest absolute Gasteiger partial charge is 0.315 e. The second-order valence-corrected chi connectivity index (χ2v) is 5.34. The molecule has 0 radical (unpaired) electrons. The highest BCUT2D eigenvalue weighted by Crippen LogP contribution is 2.23. The van der Waals surface area contributed by atoms with Gasteiger partial charge in [0.25, 0.3) is 0 Å². The van der Waals surface area contributed by atoms with Crippen LogP contribution in [0.2, 0.25) is 0 Å². The molecule has 0 unspecified atom stereocenters. The third kappa shape index (κ3) is 4.09. The van der Waals surface area contributed by atoms with Crippen LogP contribution in [0.4, 0.5) is 0 Å². The zero-order valence-electron chi connectivity index (χ0n) is 12.8. The van der Waals surface area contributed by atoms with Gasteiger partial charge in [0.15, 0.2) is 0 Å². The first-order chi connectivity index (χ1) is 10.5. The van der Waals surface area contributed by atoms with Crippen LogP contribution in [-0.2, 0) is 17.6 Å². The number of phenols is 1. The van der Waals surface area contributed by atoms with Crippen molar-refractivity contribution in [2.75, 3.05) is 6.61 Å². The predicted octanol–water partition coefficient (Wildman–Crippen LogP) is 2.69. The van der Waals surface area contributed by atoms with E-state index in [9.17, 15) is 9.90 Å². The average Bonchev–Trinajstić information content (AvgIpc) is 2.47. The monoisotopic (exact) mass is 300 g/mol. The number of esters is 1. The molecule has 0 spiro atoms. The summed E-state index contributed by atoms with van der Waals surface area (Å²) in [6.07, 6.45) is 0.491. The SMILES string of the molecule is Cc1ccc(OC(=O)Cc2cc(C)c(O)cc2CCO)cc1. The molecule has 4 heteroatoms. The molecule has 0 saturated heterocycles. The lowest BCUT2D eigenvalue weighted by atomic mass is 9.99. The molecule has 0 amide bonds. The first kappa shape index (κ1) is 16.0. The van der Waals surface area contributed by atoms with E-state index in [0.29, 0.717) is 17.7 Å². The minimum Gasteiger partial charge on any atom is -0.508 e. The molecule has 0 heterocycles. The number of phenolic OH excluding ortho intramolecular Hbond substituents is 1. The first-order valence-corrected chi connectivity index (χ1v) is 7.19. The lowest BCUT2D eigenvalue weighted by molar-refractivity contribution is -0.133. The highest BCUT2D eigenvalue weighted by Gasteiger charge is 2.12. The molecule has 116 valence electrons. The fourth-order valence-corrected chi connectivity index (χ4v) is 2.25. The van der Waals surface area contributed by atoms with Gasteiger partial charge in [-0.25, -0.2) is 0 Å². The fraction of sp³-hybridized carbons (Fsp3) is 0.278. The van der Waals surface area contributed by atoms with Gasteiger partial charge in [-0.2, -0.15) is 0 Å². The Labute approximate surface area is 130 Å². The largest absolute Gasteiger partial charge is 0.508 e. The van der Waals surface area contributed by atoms with Crippen molar-refractivity contribution in [1.82, 2.24) is 0 Å². The Hall–Kier alpha value is -2.33. The van der Waals surface area contributed by atoms with E-state index >= 15 is 0 Å². The van der Waals surface area contributed by atoms with Gasteiger partial charge in [0.05, 0.1) is 6.42 Å². The van der Waals surface area contributed by atoms with E-state index in [2.05, 4.69) is 0 Å². The minimum absolute atomic E-state index is 0.0392. The van der Waals surface area contributed by atoms with E-state index in [-0.39, 0.29) is 24.7 Å². The summed E-state index contributed by atoms with van der Waals surface area (Å²) in [5.41, 5.74) is 3.31. The zero-order chi connectivity index (χ0) is 16.1. The summed E-state index contributed by atoms with van der Waals surface area (Å²) >= 11 is 0. The second kappa shape index (κ2) is 7.09. The van der Waals surface area contributed by atoms with Crippen molar-refractivity contribution >= 4 is 5.97 Å². The summed E-state index contributed by atoms with van der Waals surface area (Å²) in [7, 11) is 0. The molecule has 0 aliphatic heterocycles. The van der Waals surface area contributed by atoms with Gasteiger partial charge in [-0.1, -0.05) is 23.8 Å². The number of hydrogen-bond donors (Lipinski definition) is 2. The Morgan fingerprint density at radius 1 is 1.09 bits per heavy atom. The van der Waals surface area contributed by atoms with E-state index < -0.39 is 0 Å². The maximum absolute atomic E-state index is 12.1. The number of carbonyl (C=O) groups is 1.